The van der Waals surface area contributed by atoms with Crippen LogP contribution in [0, 0.1) is 0 Å². The number of carbonyl (C=O) groups excluding carboxylic acids is 1. The SMILES string of the molecule is NS(=O)(=O)c1ccc(CCNC(=O)c2cc(=O)c3cc(Br)ccc3o2)cc1. The summed E-state index contributed by atoms with van der Waals surface area (Å²) in [5, 5.41) is 8.10. The zero-order chi connectivity index (χ0) is 19.6. The van der Waals surface area contributed by atoms with Gasteiger partial charge in [0.15, 0.2) is 11.2 Å². The molecule has 0 aliphatic carbocycles. The van der Waals surface area contributed by atoms with Crippen LogP contribution in [0.5, 0.6) is 0 Å². The van der Waals surface area contributed by atoms with Crippen molar-refractivity contribution in [2.24, 2.45) is 5.14 Å². The van der Waals surface area contributed by atoms with E-state index in [0.29, 0.717) is 17.4 Å². The van der Waals surface area contributed by atoms with Gasteiger partial charge in [0.25, 0.3) is 5.91 Å². The first-order valence-corrected chi connectivity index (χ1v) is 10.2. The quantitative estimate of drug-likeness (QED) is 0.616. The molecule has 0 bridgehead atoms. The van der Waals surface area contributed by atoms with Gasteiger partial charge in [0, 0.05) is 17.1 Å². The number of rotatable bonds is 5. The van der Waals surface area contributed by atoms with Crippen molar-refractivity contribution in [2.75, 3.05) is 6.54 Å². The number of primary sulfonamides is 1. The molecule has 0 aliphatic rings. The van der Waals surface area contributed by atoms with Gasteiger partial charge in [-0.05, 0) is 42.3 Å². The van der Waals surface area contributed by atoms with Crippen molar-refractivity contribution in [3.05, 3.63) is 74.6 Å². The Morgan fingerprint density at radius 3 is 2.48 bits per heavy atom. The molecular formula is C18H15BrN2O5S. The monoisotopic (exact) mass is 450 g/mol. The fourth-order valence-electron chi connectivity index (χ4n) is 2.49. The largest absolute Gasteiger partial charge is 0.451 e. The maximum Gasteiger partial charge on any atom is 0.287 e. The molecule has 0 fully saturated rings. The van der Waals surface area contributed by atoms with Crippen LogP contribution in [0.4, 0.5) is 0 Å². The minimum atomic E-state index is -3.73. The highest BCUT2D eigenvalue weighted by Crippen LogP contribution is 2.18. The Kier molecular flexibility index (Phi) is 5.45. The average molecular weight is 451 g/mol. The number of nitrogens with one attached hydrogen (secondary N) is 1. The van der Waals surface area contributed by atoms with Gasteiger partial charge in [0.2, 0.25) is 10.0 Å². The molecule has 0 aliphatic heterocycles. The van der Waals surface area contributed by atoms with Crippen LogP contribution in [0.15, 0.2) is 67.1 Å². The average Bonchev–Trinajstić information content (AvgIpc) is 2.61. The topological polar surface area (TPSA) is 119 Å². The molecule has 2 aromatic carbocycles. The number of halogens is 1. The molecule has 9 heteroatoms. The lowest BCUT2D eigenvalue weighted by Gasteiger charge is -2.06. The molecule has 7 nitrogen and oxygen atoms in total. The van der Waals surface area contributed by atoms with E-state index < -0.39 is 15.9 Å². The van der Waals surface area contributed by atoms with Crippen LogP contribution < -0.4 is 15.9 Å². The number of hydrogen-bond donors (Lipinski definition) is 2. The molecule has 140 valence electrons. The first-order chi connectivity index (χ1) is 12.7. The Labute approximate surface area is 163 Å². The van der Waals surface area contributed by atoms with Crippen molar-refractivity contribution in [2.45, 2.75) is 11.3 Å². The van der Waals surface area contributed by atoms with E-state index in [1.807, 2.05) is 0 Å². The molecule has 1 amide bonds. The van der Waals surface area contributed by atoms with Gasteiger partial charge in [0.1, 0.15) is 5.58 Å². The summed E-state index contributed by atoms with van der Waals surface area (Å²) in [7, 11) is -3.73. The number of fused-ring (bicyclic) bond motifs is 1. The Balaban J connectivity index is 1.67. The maximum atomic E-state index is 12.2. The Hall–Kier alpha value is -2.49. The van der Waals surface area contributed by atoms with Crippen molar-refractivity contribution >= 4 is 42.8 Å². The van der Waals surface area contributed by atoms with Crippen molar-refractivity contribution < 1.29 is 17.6 Å². The first kappa shape index (κ1) is 19.3. The molecule has 3 rings (SSSR count). The van der Waals surface area contributed by atoms with E-state index in [-0.39, 0.29) is 22.6 Å². The molecule has 0 unspecified atom stereocenters. The van der Waals surface area contributed by atoms with Gasteiger partial charge in [-0.3, -0.25) is 9.59 Å². The Bertz CT molecular complexity index is 1170. The van der Waals surface area contributed by atoms with Gasteiger partial charge in [-0.15, -0.1) is 0 Å². The second-order valence-electron chi connectivity index (χ2n) is 5.81. The lowest BCUT2D eigenvalue weighted by Crippen LogP contribution is -2.26. The van der Waals surface area contributed by atoms with Gasteiger partial charge in [-0.25, -0.2) is 13.6 Å². The fourth-order valence-corrected chi connectivity index (χ4v) is 3.37. The van der Waals surface area contributed by atoms with Crippen LogP contribution >= 0.6 is 15.9 Å². The van der Waals surface area contributed by atoms with E-state index in [0.717, 1.165) is 16.1 Å². The molecule has 0 spiro atoms. The summed E-state index contributed by atoms with van der Waals surface area (Å²) >= 11 is 3.29. The fraction of sp³-hybridized carbons (Fsp3) is 0.111. The number of carbonyl (C=O) groups is 1. The highest BCUT2D eigenvalue weighted by molar-refractivity contribution is 9.10. The summed E-state index contributed by atoms with van der Waals surface area (Å²) < 4.78 is 28.7. The Morgan fingerprint density at radius 1 is 1.11 bits per heavy atom. The van der Waals surface area contributed by atoms with E-state index in [4.69, 9.17) is 9.56 Å². The summed E-state index contributed by atoms with van der Waals surface area (Å²) in [5.74, 6) is -0.572. The van der Waals surface area contributed by atoms with Crippen LogP contribution in [0.2, 0.25) is 0 Å². The third kappa shape index (κ3) is 4.62. The summed E-state index contributed by atoms with van der Waals surface area (Å²) in [5.41, 5.74) is 0.850. The zero-order valence-electron chi connectivity index (χ0n) is 13.9. The lowest BCUT2D eigenvalue weighted by molar-refractivity contribution is 0.0927. The van der Waals surface area contributed by atoms with Gasteiger partial charge in [-0.1, -0.05) is 28.1 Å². The van der Waals surface area contributed by atoms with Crippen LogP contribution in [-0.2, 0) is 16.4 Å². The molecule has 0 saturated heterocycles. The molecule has 3 N–H and O–H groups in total. The maximum absolute atomic E-state index is 12.2. The minimum absolute atomic E-state index is 0.0276. The van der Waals surface area contributed by atoms with E-state index in [1.54, 1.807) is 30.3 Å². The zero-order valence-corrected chi connectivity index (χ0v) is 16.3. The van der Waals surface area contributed by atoms with E-state index in [9.17, 15) is 18.0 Å². The second-order valence-corrected chi connectivity index (χ2v) is 8.29. The van der Waals surface area contributed by atoms with E-state index in [2.05, 4.69) is 21.2 Å². The van der Waals surface area contributed by atoms with Gasteiger partial charge < -0.3 is 9.73 Å². The van der Waals surface area contributed by atoms with Crippen molar-refractivity contribution in [1.82, 2.24) is 5.32 Å². The third-order valence-electron chi connectivity index (χ3n) is 3.86. The van der Waals surface area contributed by atoms with Crippen LogP contribution in [0.3, 0.4) is 0 Å². The Morgan fingerprint density at radius 2 is 1.81 bits per heavy atom. The number of nitrogens with two attached hydrogens (primary N) is 1. The number of amides is 1. The molecule has 1 aromatic heterocycles. The van der Waals surface area contributed by atoms with Crippen molar-refractivity contribution in [1.29, 1.82) is 0 Å². The summed E-state index contributed by atoms with van der Waals surface area (Å²) in [4.78, 5) is 24.4. The molecule has 0 atom stereocenters. The third-order valence-corrected chi connectivity index (χ3v) is 5.29. The smallest absolute Gasteiger partial charge is 0.287 e. The molecule has 3 aromatic rings. The summed E-state index contributed by atoms with van der Waals surface area (Å²) in [6.45, 7) is 0.287. The predicted molar refractivity (Wildman–Crippen MR) is 104 cm³/mol. The highest BCUT2D eigenvalue weighted by atomic mass is 79.9. The van der Waals surface area contributed by atoms with Crippen molar-refractivity contribution in [3.63, 3.8) is 0 Å². The summed E-state index contributed by atoms with van der Waals surface area (Å²) in [6, 6.07) is 12.2. The van der Waals surface area contributed by atoms with Crippen molar-refractivity contribution in [3.8, 4) is 0 Å². The van der Waals surface area contributed by atoms with Crippen LogP contribution in [0.1, 0.15) is 16.1 Å². The molecular weight excluding hydrogens is 436 g/mol. The molecule has 0 saturated carbocycles. The van der Waals surface area contributed by atoms with E-state index >= 15 is 0 Å². The van der Waals surface area contributed by atoms with Gasteiger partial charge >= 0.3 is 0 Å². The highest BCUT2D eigenvalue weighted by Gasteiger charge is 2.12. The van der Waals surface area contributed by atoms with E-state index in [1.165, 1.54) is 12.1 Å². The molecule has 0 radical (unpaired) electrons. The number of benzene rings is 2. The predicted octanol–water partition coefficient (Wildman–Crippen LogP) is 2.18. The lowest BCUT2D eigenvalue weighted by atomic mass is 10.1. The summed E-state index contributed by atoms with van der Waals surface area (Å²) in [6.07, 6.45) is 0.474. The van der Waals surface area contributed by atoms with Gasteiger partial charge in [-0.2, -0.15) is 0 Å². The normalized spacial score (nSPS) is 11.5. The van der Waals surface area contributed by atoms with Crippen LogP contribution in [-0.4, -0.2) is 20.9 Å². The molecule has 27 heavy (non-hydrogen) atoms. The number of sulfonamides is 1. The van der Waals surface area contributed by atoms with Gasteiger partial charge in [0.05, 0.1) is 10.3 Å². The molecule has 1 heterocycles. The standard InChI is InChI=1S/C18H15BrN2O5S/c19-12-3-6-16-14(9-12)15(22)10-17(26-16)18(23)21-8-7-11-1-4-13(5-2-11)27(20,24)25/h1-6,9-10H,7-8H2,(H,21,23)(H2,20,24,25). The first-order valence-electron chi connectivity index (χ1n) is 7.87. The second kappa shape index (κ2) is 7.63. The van der Waals surface area contributed by atoms with Crippen LogP contribution in [0.25, 0.3) is 11.0 Å². The number of hydrogen-bond acceptors (Lipinski definition) is 5. The minimum Gasteiger partial charge on any atom is -0.451 e.